The zero-order chi connectivity index (χ0) is 19.4. The van der Waals surface area contributed by atoms with E-state index in [-0.39, 0.29) is 13.2 Å². The monoisotopic (exact) mass is 362 g/mol. The number of ether oxygens (including phenoxy) is 2. The summed E-state index contributed by atoms with van der Waals surface area (Å²) in [6.07, 6.45) is 0. The summed E-state index contributed by atoms with van der Waals surface area (Å²) in [5.74, 6) is -0.861. The van der Waals surface area contributed by atoms with Crippen molar-refractivity contribution < 1.29 is 19.1 Å². The fourth-order valence-corrected chi connectivity index (χ4v) is 3.39. The molecule has 1 aromatic rings. The van der Waals surface area contributed by atoms with Crippen LogP contribution in [-0.2, 0) is 9.47 Å². The van der Waals surface area contributed by atoms with Crippen molar-refractivity contribution in [2.24, 2.45) is 0 Å². The van der Waals surface area contributed by atoms with E-state index in [0.717, 1.165) is 11.1 Å². The van der Waals surface area contributed by atoms with Gasteiger partial charge >= 0.3 is 11.9 Å². The van der Waals surface area contributed by atoms with Gasteiger partial charge in [-0.2, -0.15) is 0 Å². The molecule has 0 aromatic heterocycles. The SMILES string of the molecule is CCOC(=O)c1c2ccccc(-c3ccccc3)c-2c(C(=O)OCC)c1C. The molecule has 0 saturated heterocycles. The Balaban J connectivity index is 2.37. The fourth-order valence-electron chi connectivity index (χ4n) is 3.39. The summed E-state index contributed by atoms with van der Waals surface area (Å²) >= 11 is 0. The van der Waals surface area contributed by atoms with E-state index < -0.39 is 11.9 Å². The second kappa shape index (κ2) is 8.04. The molecule has 0 spiro atoms. The molecule has 3 rings (SSSR count). The maximum Gasteiger partial charge on any atom is 0.339 e. The molecule has 138 valence electrons. The van der Waals surface area contributed by atoms with E-state index >= 15 is 0 Å². The van der Waals surface area contributed by atoms with Crippen LogP contribution in [0.15, 0.2) is 54.6 Å². The van der Waals surface area contributed by atoms with Crippen molar-refractivity contribution in [2.45, 2.75) is 20.8 Å². The Morgan fingerprint density at radius 1 is 0.741 bits per heavy atom. The average Bonchev–Trinajstić information content (AvgIpc) is 2.80. The topological polar surface area (TPSA) is 52.6 Å². The number of esters is 2. The Labute approximate surface area is 159 Å². The van der Waals surface area contributed by atoms with Gasteiger partial charge < -0.3 is 9.47 Å². The highest BCUT2D eigenvalue weighted by Gasteiger charge is 2.31. The molecule has 4 nitrogen and oxygen atoms in total. The van der Waals surface area contributed by atoms with Crippen molar-refractivity contribution >= 4 is 11.9 Å². The molecule has 2 aliphatic rings. The highest BCUT2D eigenvalue weighted by molar-refractivity contribution is 6.13. The van der Waals surface area contributed by atoms with E-state index in [0.29, 0.717) is 27.8 Å². The molecule has 0 fully saturated rings. The van der Waals surface area contributed by atoms with Crippen molar-refractivity contribution in [3.63, 3.8) is 0 Å². The summed E-state index contributed by atoms with van der Waals surface area (Å²) < 4.78 is 10.6. The largest absolute Gasteiger partial charge is 0.462 e. The van der Waals surface area contributed by atoms with Crippen molar-refractivity contribution in [3.8, 4) is 22.3 Å². The lowest BCUT2D eigenvalue weighted by molar-refractivity contribution is 0.0525. The van der Waals surface area contributed by atoms with Crippen LogP contribution in [0.4, 0.5) is 0 Å². The second-order valence-corrected chi connectivity index (χ2v) is 6.10. The fraction of sp³-hybridized carbons (Fsp3) is 0.217. The third kappa shape index (κ3) is 3.43. The molecule has 0 amide bonds. The molecule has 27 heavy (non-hydrogen) atoms. The standard InChI is InChI=1S/C23H22O4/c1-4-26-22(24)19-15(3)20(23(25)27-5-2)21-17(13-9-10-14-18(19)21)16-11-7-6-8-12-16/h6-14H,4-5H2,1-3H3. The Morgan fingerprint density at radius 2 is 1.26 bits per heavy atom. The highest BCUT2D eigenvalue weighted by atomic mass is 16.5. The molecular weight excluding hydrogens is 340 g/mol. The zero-order valence-corrected chi connectivity index (χ0v) is 15.7. The smallest absolute Gasteiger partial charge is 0.339 e. The first-order valence-corrected chi connectivity index (χ1v) is 9.05. The van der Waals surface area contributed by atoms with Gasteiger partial charge in [-0.25, -0.2) is 9.59 Å². The average molecular weight is 362 g/mol. The van der Waals surface area contributed by atoms with E-state index in [2.05, 4.69) is 0 Å². The molecule has 0 atom stereocenters. The van der Waals surface area contributed by atoms with Crippen LogP contribution in [0.3, 0.4) is 0 Å². The number of fused-ring (bicyclic) bond motifs is 1. The number of hydrogen-bond acceptors (Lipinski definition) is 4. The second-order valence-electron chi connectivity index (χ2n) is 6.10. The minimum Gasteiger partial charge on any atom is -0.462 e. The Morgan fingerprint density at radius 3 is 1.85 bits per heavy atom. The van der Waals surface area contributed by atoms with Crippen LogP contribution in [0, 0.1) is 6.92 Å². The van der Waals surface area contributed by atoms with Crippen molar-refractivity contribution in [3.05, 3.63) is 71.3 Å². The molecule has 0 aliphatic heterocycles. The number of carbonyl (C=O) groups is 2. The molecule has 2 aliphatic carbocycles. The summed E-state index contributed by atoms with van der Waals surface area (Å²) in [6.45, 7) is 5.83. The van der Waals surface area contributed by atoms with Gasteiger partial charge in [0, 0.05) is 5.56 Å². The van der Waals surface area contributed by atoms with Gasteiger partial charge in [-0.15, -0.1) is 0 Å². The van der Waals surface area contributed by atoms with E-state index in [1.165, 1.54) is 0 Å². The van der Waals surface area contributed by atoms with Crippen LogP contribution in [0.25, 0.3) is 22.3 Å². The predicted molar refractivity (Wildman–Crippen MR) is 105 cm³/mol. The van der Waals surface area contributed by atoms with Gasteiger partial charge in [-0.3, -0.25) is 0 Å². The number of carbonyl (C=O) groups excluding carboxylic acids is 2. The normalized spacial score (nSPS) is 10.6. The van der Waals surface area contributed by atoms with Crippen molar-refractivity contribution in [2.75, 3.05) is 13.2 Å². The highest BCUT2D eigenvalue weighted by Crippen LogP contribution is 2.43. The third-order valence-corrected chi connectivity index (χ3v) is 4.49. The molecule has 0 radical (unpaired) electrons. The van der Waals surface area contributed by atoms with Gasteiger partial charge in [0.2, 0.25) is 0 Å². The molecule has 0 bridgehead atoms. The van der Waals surface area contributed by atoms with Crippen LogP contribution in [0.1, 0.15) is 40.1 Å². The lowest BCUT2D eigenvalue weighted by Crippen LogP contribution is -2.08. The van der Waals surface area contributed by atoms with E-state index in [4.69, 9.17) is 9.47 Å². The summed E-state index contributed by atoms with van der Waals surface area (Å²) in [5.41, 5.74) is 4.67. The van der Waals surface area contributed by atoms with Crippen LogP contribution in [-0.4, -0.2) is 25.2 Å². The van der Waals surface area contributed by atoms with Crippen LogP contribution < -0.4 is 0 Å². The Bertz CT molecular complexity index is 944. The van der Waals surface area contributed by atoms with E-state index in [1.54, 1.807) is 20.8 Å². The van der Waals surface area contributed by atoms with Gasteiger partial charge in [0.05, 0.1) is 24.3 Å². The van der Waals surface area contributed by atoms with E-state index in [1.807, 2.05) is 54.6 Å². The minimum absolute atomic E-state index is 0.263. The Hall–Kier alpha value is -3.14. The molecule has 0 saturated carbocycles. The number of hydrogen-bond donors (Lipinski definition) is 0. The predicted octanol–water partition coefficient (Wildman–Crippen LogP) is 5.12. The zero-order valence-electron chi connectivity index (χ0n) is 15.7. The first-order chi connectivity index (χ1) is 13.1. The molecule has 4 heteroatoms. The van der Waals surface area contributed by atoms with Gasteiger partial charge in [-0.1, -0.05) is 54.6 Å². The molecular formula is C23H22O4. The maximum atomic E-state index is 12.8. The van der Waals surface area contributed by atoms with Gasteiger partial charge in [0.15, 0.2) is 0 Å². The quantitative estimate of drug-likeness (QED) is 0.591. The lowest BCUT2D eigenvalue weighted by atomic mass is 9.96. The van der Waals surface area contributed by atoms with Gasteiger partial charge in [0.1, 0.15) is 0 Å². The number of benzene rings is 1. The molecule has 0 heterocycles. The van der Waals surface area contributed by atoms with E-state index in [9.17, 15) is 9.59 Å². The van der Waals surface area contributed by atoms with Crippen LogP contribution in [0.5, 0.6) is 0 Å². The Kier molecular flexibility index (Phi) is 5.55. The lowest BCUT2D eigenvalue weighted by Gasteiger charge is -2.09. The minimum atomic E-state index is -0.432. The first kappa shape index (κ1) is 18.6. The third-order valence-electron chi connectivity index (χ3n) is 4.49. The molecule has 1 aromatic carbocycles. The molecule has 0 unspecified atom stereocenters. The van der Waals surface area contributed by atoms with Crippen molar-refractivity contribution in [1.29, 1.82) is 0 Å². The first-order valence-electron chi connectivity index (χ1n) is 9.05. The summed E-state index contributed by atoms with van der Waals surface area (Å²) in [6, 6.07) is 17.4. The maximum absolute atomic E-state index is 12.8. The summed E-state index contributed by atoms with van der Waals surface area (Å²) in [7, 11) is 0. The molecule has 0 N–H and O–H groups in total. The van der Waals surface area contributed by atoms with Gasteiger partial charge in [-0.05, 0) is 43.0 Å². The van der Waals surface area contributed by atoms with Gasteiger partial charge in [0.25, 0.3) is 0 Å². The summed E-state index contributed by atoms with van der Waals surface area (Å²) in [5, 5.41) is 0. The van der Waals surface area contributed by atoms with Crippen LogP contribution >= 0.6 is 0 Å². The summed E-state index contributed by atoms with van der Waals surface area (Å²) in [4.78, 5) is 25.4. The van der Waals surface area contributed by atoms with Crippen molar-refractivity contribution in [1.82, 2.24) is 0 Å². The number of rotatable bonds is 5. The van der Waals surface area contributed by atoms with Crippen LogP contribution in [0.2, 0.25) is 0 Å².